The first-order valence-electron chi connectivity index (χ1n) is 3.57. The molecule has 0 spiro atoms. The molecule has 0 bridgehead atoms. The molecule has 0 fully saturated rings. The summed E-state index contributed by atoms with van der Waals surface area (Å²) in [5.41, 5.74) is 0.771. The van der Waals surface area contributed by atoms with Crippen LogP contribution in [0.3, 0.4) is 0 Å². The maximum atomic E-state index is 8.50. The van der Waals surface area contributed by atoms with Crippen molar-refractivity contribution in [3.05, 3.63) is 29.3 Å². The lowest BCUT2D eigenvalue weighted by molar-refractivity contribution is 0.303. The number of aliphatic hydroxyl groups is 1. The minimum Gasteiger partial charge on any atom is -0.396 e. The smallest absolute Gasteiger partial charge is 0.139 e. The highest BCUT2D eigenvalue weighted by molar-refractivity contribution is 6.30. The van der Waals surface area contributed by atoms with Crippen LogP contribution >= 0.6 is 11.6 Å². The molecule has 4 heteroatoms. The molecule has 3 nitrogen and oxygen atoms in total. The van der Waals surface area contributed by atoms with Gasteiger partial charge in [0.25, 0.3) is 0 Å². The Kier molecular flexibility index (Phi) is 3.70. The summed E-state index contributed by atoms with van der Waals surface area (Å²) in [6.07, 6.45) is 7.25. The second kappa shape index (κ2) is 4.85. The van der Waals surface area contributed by atoms with Crippen LogP contribution in [0.2, 0.25) is 5.15 Å². The van der Waals surface area contributed by atoms with E-state index < -0.39 is 0 Å². The van der Waals surface area contributed by atoms with Gasteiger partial charge < -0.3 is 5.11 Å². The Morgan fingerprint density at radius 1 is 1.58 bits per heavy atom. The summed E-state index contributed by atoms with van der Waals surface area (Å²) >= 11 is 5.74. The van der Waals surface area contributed by atoms with E-state index in [1.54, 1.807) is 12.3 Å². The van der Waals surface area contributed by atoms with E-state index in [1.807, 2.05) is 6.08 Å². The van der Waals surface area contributed by atoms with E-state index in [2.05, 4.69) is 9.97 Å². The Hall–Kier alpha value is -0.930. The van der Waals surface area contributed by atoms with E-state index in [4.69, 9.17) is 16.7 Å². The van der Waals surface area contributed by atoms with Gasteiger partial charge >= 0.3 is 0 Å². The van der Waals surface area contributed by atoms with Crippen molar-refractivity contribution in [1.82, 2.24) is 9.97 Å². The summed E-state index contributed by atoms with van der Waals surface area (Å²) in [4.78, 5) is 7.61. The molecule has 1 N–H and O–H groups in total. The van der Waals surface area contributed by atoms with Crippen molar-refractivity contribution in [3.8, 4) is 0 Å². The van der Waals surface area contributed by atoms with Gasteiger partial charge in [-0.1, -0.05) is 23.8 Å². The normalized spacial score (nSPS) is 10.8. The summed E-state index contributed by atoms with van der Waals surface area (Å²) in [6.45, 7) is 0.141. The fraction of sp³-hybridized carbons (Fsp3) is 0.250. The quantitative estimate of drug-likeness (QED) is 0.725. The lowest BCUT2D eigenvalue weighted by Gasteiger charge is -1.93. The predicted molar refractivity (Wildman–Crippen MR) is 47.8 cm³/mol. The van der Waals surface area contributed by atoms with Crippen molar-refractivity contribution in [2.75, 3.05) is 6.61 Å². The lowest BCUT2D eigenvalue weighted by Crippen LogP contribution is -1.83. The van der Waals surface area contributed by atoms with Crippen molar-refractivity contribution in [2.24, 2.45) is 0 Å². The number of aliphatic hydroxyl groups excluding tert-OH is 1. The van der Waals surface area contributed by atoms with Gasteiger partial charge in [-0.2, -0.15) is 0 Å². The molecule has 1 aromatic rings. The Balaban J connectivity index is 2.68. The summed E-state index contributed by atoms with van der Waals surface area (Å²) in [7, 11) is 0. The van der Waals surface area contributed by atoms with Gasteiger partial charge in [-0.25, -0.2) is 9.97 Å². The van der Waals surface area contributed by atoms with Crippen molar-refractivity contribution in [3.63, 3.8) is 0 Å². The number of halogens is 1. The molecule has 0 atom stereocenters. The SMILES string of the molecule is OCCC=Cc1cncnc1Cl. The molecule has 0 aliphatic rings. The Labute approximate surface area is 75.7 Å². The average Bonchev–Trinajstić information content (AvgIpc) is 2.09. The van der Waals surface area contributed by atoms with Crippen LogP contribution < -0.4 is 0 Å². The predicted octanol–water partition coefficient (Wildman–Crippen LogP) is 1.53. The topological polar surface area (TPSA) is 46.0 Å². The van der Waals surface area contributed by atoms with E-state index in [0.717, 1.165) is 5.56 Å². The Morgan fingerprint density at radius 3 is 3.08 bits per heavy atom. The number of hydrogen-bond acceptors (Lipinski definition) is 3. The molecule has 0 saturated carbocycles. The lowest BCUT2D eigenvalue weighted by atomic mass is 10.3. The largest absolute Gasteiger partial charge is 0.396 e. The molecule has 0 amide bonds. The highest BCUT2D eigenvalue weighted by Gasteiger charge is 1.94. The van der Waals surface area contributed by atoms with Crippen molar-refractivity contribution < 1.29 is 5.11 Å². The molecule has 1 rings (SSSR count). The molecule has 64 valence electrons. The minimum atomic E-state index is 0.141. The summed E-state index contributed by atoms with van der Waals surface area (Å²) in [6, 6.07) is 0. The molecule has 1 aromatic heterocycles. The maximum absolute atomic E-state index is 8.50. The average molecular weight is 185 g/mol. The highest BCUT2D eigenvalue weighted by Crippen LogP contribution is 2.11. The number of aromatic nitrogens is 2. The molecule has 0 saturated heterocycles. The van der Waals surface area contributed by atoms with Gasteiger partial charge in [0, 0.05) is 18.4 Å². The van der Waals surface area contributed by atoms with E-state index >= 15 is 0 Å². The van der Waals surface area contributed by atoms with Gasteiger partial charge in [-0.05, 0) is 6.42 Å². The molecule has 12 heavy (non-hydrogen) atoms. The van der Waals surface area contributed by atoms with Crippen molar-refractivity contribution >= 4 is 17.7 Å². The Morgan fingerprint density at radius 2 is 2.42 bits per heavy atom. The third-order valence-corrected chi connectivity index (χ3v) is 1.60. The zero-order chi connectivity index (χ0) is 8.81. The molecular weight excluding hydrogens is 176 g/mol. The minimum absolute atomic E-state index is 0.141. The van der Waals surface area contributed by atoms with Crippen LogP contribution in [0.5, 0.6) is 0 Å². The van der Waals surface area contributed by atoms with Gasteiger partial charge in [0.1, 0.15) is 11.5 Å². The molecule has 0 unspecified atom stereocenters. The molecule has 0 aliphatic carbocycles. The first-order chi connectivity index (χ1) is 5.84. The maximum Gasteiger partial charge on any atom is 0.139 e. The number of nitrogens with zero attached hydrogens (tertiary/aromatic N) is 2. The summed E-state index contributed by atoms with van der Waals surface area (Å²) < 4.78 is 0. The van der Waals surface area contributed by atoms with Gasteiger partial charge in [0.05, 0.1) is 0 Å². The molecule has 0 radical (unpaired) electrons. The van der Waals surface area contributed by atoms with Gasteiger partial charge in [0.15, 0.2) is 0 Å². The third-order valence-electron chi connectivity index (χ3n) is 1.28. The van der Waals surface area contributed by atoms with Crippen molar-refractivity contribution in [2.45, 2.75) is 6.42 Å². The first-order valence-corrected chi connectivity index (χ1v) is 3.95. The second-order valence-electron chi connectivity index (χ2n) is 2.18. The Bertz CT molecular complexity index is 276. The van der Waals surface area contributed by atoms with E-state index in [1.165, 1.54) is 6.33 Å². The monoisotopic (exact) mass is 184 g/mol. The summed E-state index contributed by atoms with van der Waals surface area (Å²) in [5.74, 6) is 0. The fourth-order valence-corrected chi connectivity index (χ4v) is 0.878. The first kappa shape index (κ1) is 9.16. The number of hydrogen-bond donors (Lipinski definition) is 1. The second-order valence-corrected chi connectivity index (χ2v) is 2.54. The van der Waals surface area contributed by atoms with E-state index in [9.17, 15) is 0 Å². The summed E-state index contributed by atoms with van der Waals surface area (Å²) in [5, 5.41) is 8.93. The van der Waals surface area contributed by atoms with Gasteiger partial charge in [-0.3, -0.25) is 0 Å². The third kappa shape index (κ3) is 2.60. The zero-order valence-corrected chi connectivity index (χ0v) is 7.20. The van der Waals surface area contributed by atoms with Gasteiger partial charge in [0.2, 0.25) is 0 Å². The van der Waals surface area contributed by atoms with Crippen molar-refractivity contribution in [1.29, 1.82) is 0 Å². The van der Waals surface area contributed by atoms with Crippen LogP contribution in [0.25, 0.3) is 6.08 Å². The van der Waals surface area contributed by atoms with Gasteiger partial charge in [-0.15, -0.1) is 0 Å². The standard InChI is InChI=1S/C8H9ClN2O/c9-8-7(3-1-2-4-12)5-10-6-11-8/h1,3,5-6,12H,2,4H2. The van der Waals surface area contributed by atoms with Crippen LogP contribution in [-0.4, -0.2) is 21.7 Å². The molecular formula is C8H9ClN2O. The van der Waals surface area contributed by atoms with Crippen LogP contribution in [0.4, 0.5) is 0 Å². The van der Waals surface area contributed by atoms with E-state index in [0.29, 0.717) is 11.6 Å². The van der Waals surface area contributed by atoms with E-state index in [-0.39, 0.29) is 6.61 Å². The molecule has 0 aromatic carbocycles. The molecule has 1 heterocycles. The fourth-order valence-electron chi connectivity index (χ4n) is 0.722. The molecule has 0 aliphatic heterocycles. The van der Waals surface area contributed by atoms with Crippen LogP contribution in [0.1, 0.15) is 12.0 Å². The number of rotatable bonds is 3. The van der Waals surface area contributed by atoms with Crippen LogP contribution in [0.15, 0.2) is 18.6 Å². The highest BCUT2D eigenvalue weighted by atomic mass is 35.5. The zero-order valence-electron chi connectivity index (χ0n) is 6.44. The van der Waals surface area contributed by atoms with Crippen LogP contribution in [0, 0.1) is 0 Å². The van der Waals surface area contributed by atoms with Crippen LogP contribution in [-0.2, 0) is 0 Å².